The molecule has 2 rings (SSSR count). The number of rotatable bonds is 3. The summed E-state index contributed by atoms with van der Waals surface area (Å²) in [7, 11) is 0. The van der Waals surface area contributed by atoms with Gasteiger partial charge in [-0.1, -0.05) is 0 Å². The highest BCUT2D eigenvalue weighted by Crippen LogP contribution is 2.22. The van der Waals surface area contributed by atoms with E-state index in [4.69, 9.17) is 0 Å². The van der Waals surface area contributed by atoms with E-state index in [-0.39, 0.29) is 0 Å². The van der Waals surface area contributed by atoms with Crippen LogP contribution in [0.3, 0.4) is 0 Å². The lowest BCUT2D eigenvalue weighted by Crippen LogP contribution is -2.02. The number of thiophene rings is 1. The summed E-state index contributed by atoms with van der Waals surface area (Å²) in [6.45, 7) is 4.99. The highest BCUT2D eigenvalue weighted by Gasteiger charge is 2.03. The summed E-state index contributed by atoms with van der Waals surface area (Å²) in [6.07, 6.45) is 1.87. The van der Waals surface area contributed by atoms with Crippen molar-refractivity contribution in [2.75, 3.05) is 5.32 Å². The van der Waals surface area contributed by atoms with Gasteiger partial charge in [-0.25, -0.2) is 4.98 Å². The molecular weight excluding hydrogens is 284 g/mol. The second-order valence-corrected chi connectivity index (χ2v) is 5.37. The Balaban J connectivity index is 2.08. The van der Waals surface area contributed by atoms with Crippen LogP contribution in [0.2, 0.25) is 0 Å². The molecule has 0 atom stereocenters. The van der Waals surface area contributed by atoms with Gasteiger partial charge in [0.2, 0.25) is 0 Å². The number of hydrogen-bond donors (Lipinski definition) is 1. The molecule has 0 saturated heterocycles. The van der Waals surface area contributed by atoms with E-state index in [9.17, 15) is 0 Å². The minimum atomic E-state index is 0.823. The Morgan fingerprint density at radius 1 is 1.38 bits per heavy atom. The SMILES string of the molecule is Cc1cnc(NCc2cscc2C)c(Br)c1. The molecule has 0 fully saturated rings. The van der Waals surface area contributed by atoms with Crippen molar-refractivity contribution in [2.45, 2.75) is 20.4 Å². The average Bonchev–Trinajstić information content (AvgIpc) is 2.63. The van der Waals surface area contributed by atoms with Crippen molar-refractivity contribution in [3.8, 4) is 0 Å². The maximum atomic E-state index is 4.35. The van der Waals surface area contributed by atoms with Crippen LogP contribution in [0, 0.1) is 13.8 Å². The highest BCUT2D eigenvalue weighted by molar-refractivity contribution is 9.10. The van der Waals surface area contributed by atoms with E-state index in [1.807, 2.05) is 13.1 Å². The molecule has 4 heteroatoms. The zero-order valence-corrected chi connectivity index (χ0v) is 11.7. The molecule has 16 heavy (non-hydrogen) atoms. The summed E-state index contributed by atoms with van der Waals surface area (Å²) in [6, 6.07) is 2.07. The first-order valence-corrected chi connectivity index (χ1v) is 6.78. The van der Waals surface area contributed by atoms with E-state index in [1.165, 1.54) is 11.1 Å². The molecule has 2 heterocycles. The lowest BCUT2D eigenvalue weighted by Gasteiger charge is -2.07. The molecule has 0 aliphatic heterocycles. The van der Waals surface area contributed by atoms with Gasteiger partial charge in [-0.2, -0.15) is 11.3 Å². The van der Waals surface area contributed by atoms with Gasteiger partial charge in [0.15, 0.2) is 0 Å². The van der Waals surface area contributed by atoms with Crippen molar-refractivity contribution in [1.82, 2.24) is 4.98 Å². The van der Waals surface area contributed by atoms with E-state index in [1.54, 1.807) is 11.3 Å². The van der Waals surface area contributed by atoms with Crippen molar-refractivity contribution in [3.05, 3.63) is 44.2 Å². The van der Waals surface area contributed by atoms with E-state index in [2.05, 4.69) is 50.0 Å². The van der Waals surface area contributed by atoms with Crippen LogP contribution in [0.25, 0.3) is 0 Å². The van der Waals surface area contributed by atoms with E-state index in [0.29, 0.717) is 0 Å². The summed E-state index contributed by atoms with van der Waals surface area (Å²) in [4.78, 5) is 4.35. The van der Waals surface area contributed by atoms with Gasteiger partial charge in [0.25, 0.3) is 0 Å². The lowest BCUT2D eigenvalue weighted by molar-refractivity contribution is 1.09. The van der Waals surface area contributed by atoms with Gasteiger partial charge in [-0.3, -0.25) is 0 Å². The van der Waals surface area contributed by atoms with Gasteiger partial charge >= 0.3 is 0 Å². The minimum Gasteiger partial charge on any atom is -0.365 e. The molecule has 84 valence electrons. The number of nitrogens with zero attached hydrogens (tertiary/aromatic N) is 1. The van der Waals surface area contributed by atoms with Crippen molar-refractivity contribution in [2.24, 2.45) is 0 Å². The molecule has 0 unspecified atom stereocenters. The molecule has 0 bridgehead atoms. The number of hydrogen-bond acceptors (Lipinski definition) is 3. The van der Waals surface area contributed by atoms with Crippen LogP contribution in [-0.4, -0.2) is 4.98 Å². The zero-order chi connectivity index (χ0) is 11.5. The maximum absolute atomic E-state index is 4.35. The molecular formula is C12H13BrN2S. The van der Waals surface area contributed by atoms with Crippen molar-refractivity contribution in [1.29, 1.82) is 0 Å². The van der Waals surface area contributed by atoms with Gasteiger partial charge in [0.1, 0.15) is 5.82 Å². The average molecular weight is 297 g/mol. The molecule has 2 nitrogen and oxygen atoms in total. The Kier molecular flexibility index (Phi) is 3.61. The second kappa shape index (κ2) is 4.97. The summed E-state index contributed by atoms with van der Waals surface area (Å²) < 4.78 is 1.01. The normalized spacial score (nSPS) is 10.4. The Bertz CT molecular complexity index is 494. The highest BCUT2D eigenvalue weighted by atomic mass is 79.9. The maximum Gasteiger partial charge on any atom is 0.140 e. The van der Waals surface area contributed by atoms with Crippen molar-refractivity contribution < 1.29 is 0 Å². The first-order valence-electron chi connectivity index (χ1n) is 5.04. The lowest BCUT2D eigenvalue weighted by atomic mass is 10.2. The van der Waals surface area contributed by atoms with Gasteiger partial charge in [-0.05, 0) is 63.3 Å². The summed E-state index contributed by atoms with van der Waals surface area (Å²) >= 11 is 5.24. The summed E-state index contributed by atoms with van der Waals surface area (Å²) in [5.41, 5.74) is 3.82. The number of nitrogens with one attached hydrogen (secondary N) is 1. The van der Waals surface area contributed by atoms with Gasteiger partial charge in [0, 0.05) is 12.7 Å². The van der Waals surface area contributed by atoms with Crippen LogP contribution in [0.15, 0.2) is 27.5 Å². The fraction of sp³-hybridized carbons (Fsp3) is 0.250. The quantitative estimate of drug-likeness (QED) is 0.921. The number of aromatic nitrogens is 1. The topological polar surface area (TPSA) is 24.9 Å². The largest absolute Gasteiger partial charge is 0.365 e. The molecule has 0 aliphatic rings. The molecule has 0 spiro atoms. The minimum absolute atomic E-state index is 0.823. The van der Waals surface area contributed by atoms with E-state index >= 15 is 0 Å². The third-order valence-electron chi connectivity index (χ3n) is 2.39. The molecule has 1 N–H and O–H groups in total. The van der Waals surface area contributed by atoms with Crippen molar-refractivity contribution >= 4 is 33.1 Å². The predicted molar refractivity (Wildman–Crippen MR) is 73.1 cm³/mol. The Labute approximate surface area is 108 Å². The Morgan fingerprint density at radius 3 is 2.81 bits per heavy atom. The van der Waals surface area contributed by atoms with Crippen LogP contribution in [0.4, 0.5) is 5.82 Å². The first-order chi connectivity index (χ1) is 7.66. The molecule has 0 aromatic carbocycles. The second-order valence-electron chi connectivity index (χ2n) is 3.78. The third-order valence-corrected chi connectivity index (χ3v) is 3.90. The molecule has 0 amide bonds. The molecule has 2 aromatic heterocycles. The van der Waals surface area contributed by atoms with Gasteiger partial charge in [-0.15, -0.1) is 0 Å². The van der Waals surface area contributed by atoms with Crippen LogP contribution < -0.4 is 5.32 Å². The third kappa shape index (κ3) is 2.62. The van der Waals surface area contributed by atoms with Crippen LogP contribution in [0.1, 0.15) is 16.7 Å². The number of anilines is 1. The van der Waals surface area contributed by atoms with Gasteiger partial charge < -0.3 is 5.32 Å². The Morgan fingerprint density at radius 2 is 2.19 bits per heavy atom. The van der Waals surface area contributed by atoms with E-state index in [0.717, 1.165) is 22.4 Å². The fourth-order valence-electron chi connectivity index (χ4n) is 1.41. The number of pyridine rings is 1. The number of halogens is 1. The van der Waals surface area contributed by atoms with Crippen molar-refractivity contribution in [3.63, 3.8) is 0 Å². The van der Waals surface area contributed by atoms with Crippen LogP contribution in [-0.2, 0) is 6.54 Å². The summed E-state index contributed by atoms with van der Waals surface area (Å²) in [5, 5.41) is 7.66. The van der Waals surface area contributed by atoms with Gasteiger partial charge in [0.05, 0.1) is 4.47 Å². The predicted octanol–water partition coefficient (Wildman–Crippen LogP) is 4.13. The van der Waals surface area contributed by atoms with Crippen LogP contribution in [0.5, 0.6) is 0 Å². The molecule has 2 aromatic rings. The standard InChI is InChI=1S/C12H13BrN2S/c1-8-3-11(13)12(14-4-8)15-5-10-7-16-6-9(10)2/h3-4,6-7H,5H2,1-2H3,(H,14,15). The Hall–Kier alpha value is -0.870. The molecule has 0 aliphatic carbocycles. The zero-order valence-electron chi connectivity index (χ0n) is 9.25. The molecule has 0 radical (unpaired) electrons. The molecule has 0 saturated carbocycles. The number of aryl methyl sites for hydroxylation is 2. The smallest absolute Gasteiger partial charge is 0.140 e. The van der Waals surface area contributed by atoms with E-state index < -0.39 is 0 Å². The summed E-state index contributed by atoms with van der Waals surface area (Å²) in [5.74, 6) is 0.899. The first kappa shape index (κ1) is 11.6. The monoisotopic (exact) mass is 296 g/mol. The van der Waals surface area contributed by atoms with Crippen LogP contribution >= 0.6 is 27.3 Å². The fourth-order valence-corrected chi connectivity index (χ4v) is 2.87.